The molecule has 0 aliphatic rings. The summed E-state index contributed by atoms with van der Waals surface area (Å²) in [5.74, 6) is 1.82. The van der Waals surface area contributed by atoms with Crippen molar-refractivity contribution in [3.8, 4) is 5.82 Å². The second-order valence-electron chi connectivity index (χ2n) is 4.63. The van der Waals surface area contributed by atoms with Crippen LogP contribution in [0.5, 0.6) is 0 Å². The molecule has 0 fully saturated rings. The van der Waals surface area contributed by atoms with Gasteiger partial charge in [0.25, 0.3) is 0 Å². The van der Waals surface area contributed by atoms with E-state index in [4.69, 9.17) is 0 Å². The highest BCUT2D eigenvalue weighted by atomic mass is 15.1. The highest BCUT2D eigenvalue weighted by molar-refractivity contribution is 5.57. The van der Waals surface area contributed by atoms with E-state index in [2.05, 4.69) is 28.8 Å². The van der Waals surface area contributed by atoms with Crippen LogP contribution in [0.1, 0.15) is 25.6 Å². The molecule has 0 aliphatic carbocycles. The lowest BCUT2D eigenvalue weighted by molar-refractivity contribution is 0.717. The minimum absolute atomic E-state index is 0.379. The zero-order chi connectivity index (χ0) is 13.7. The molecule has 2 heterocycles. The minimum atomic E-state index is 0.379. The summed E-state index contributed by atoms with van der Waals surface area (Å²) in [6, 6.07) is 4.37. The van der Waals surface area contributed by atoms with Crippen molar-refractivity contribution in [1.82, 2.24) is 14.5 Å². The molecule has 2 rings (SSSR count). The Bertz CT molecular complexity index is 545. The van der Waals surface area contributed by atoms with E-state index in [1.54, 1.807) is 12.4 Å². The van der Waals surface area contributed by atoms with Crippen LogP contribution in [0.25, 0.3) is 5.82 Å². The lowest BCUT2D eigenvalue weighted by atomic mass is 10.2. The van der Waals surface area contributed by atoms with Gasteiger partial charge in [-0.25, -0.2) is 9.97 Å². The van der Waals surface area contributed by atoms with Crippen molar-refractivity contribution < 1.29 is 0 Å². The van der Waals surface area contributed by atoms with Gasteiger partial charge in [-0.15, -0.1) is 6.58 Å². The van der Waals surface area contributed by atoms with Crippen LogP contribution < -0.4 is 5.32 Å². The average Bonchev–Trinajstić information content (AvgIpc) is 2.83. The smallest absolute Gasteiger partial charge is 0.161 e. The van der Waals surface area contributed by atoms with E-state index in [1.807, 2.05) is 35.9 Å². The van der Waals surface area contributed by atoms with E-state index in [-0.39, 0.29) is 0 Å². The first-order valence-electron chi connectivity index (χ1n) is 6.55. The Hall–Kier alpha value is -2.10. The summed E-state index contributed by atoms with van der Waals surface area (Å²) in [6.45, 7) is 7.90. The van der Waals surface area contributed by atoms with Gasteiger partial charge in [0.05, 0.1) is 5.69 Å². The van der Waals surface area contributed by atoms with Crippen molar-refractivity contribution in [1.29, 1.82) is 0 Å². The molecule has 2 aromatic rings. The maximum atomic E-state index is 4.46. The van der Waals surface area contributed by atoms with Gasteiger partial charge in [-0.05, 0) is 38.8 Å². The molecule has 4 heteroatoms. The summed E-state index contributed by atoms with van der Waals surface area (Å²) >= 11 is 0. The monoisotopic (exact) mass is 256 g/mol. The summed E-state index contributed by atoms with van der Waals surface area (Å²) < 4.78 is 1.99. The summed E-state index contributed by atoms with van der Waals surface area (Å²) in [4.78, 5) is 8.70. The molecule has 1 N–H and O–H groups in total. The average molecular weight is 256 g/mol. The Kier molecular flexibility index (Phi) is 4.34. The van der Waals surface area contributed by atoms with Crippen LogP contribution in [0, 0.1) is 6.92 Å². The van der Waals surface area contributed by atoms with Crippen LogP contribution in [-0.2, 0) is 0 Å². The van der Waals surface area contributed by atoms with Crippen LogP contribution >= 0.6 is 0 Å². The summed E-state index contributed by atoms with van der Waals surface area (Å²) in [5.41, 5.74) is 1.03. The van der Waals surface area contributed by atoms with Crippen LogP contribution in [0.15, 0.2) is 43.4 Å². The molecule has 100 valence electrons. The second-order valence-corrected chi connectivity index (χ2v) is 4.63. The molecule has 0 saturated heterocycles. The molecule has 2 aromatic heterocycles. The minimum Gasteiger partial charge on any atom is -0.380 e. The highest BCUT2D eigenvalue weighted by Crippen LogP contribution is 2.20. The van der Waals surface area contributed by atoms with E-state index >= 15 is 0 Å². The molecule has 0 bridgehead atoms. The lowest BCUT2D eigenvalue weighted by Crippen LogP contribution is -2.17. The summed E-state index contributed by atoms with van der Waals surface area (Å²) in [5, 5.41) is 3.50. The number of hydrogen-bond donors (Lipinski definition) is 1. The van der Waals surface area contributed by atoms with Crippen LogP contribution in [0.4, 0.5) is 5.69 Å². The predicted molar refractivity (Wildman–Crippen MR) is 78.6 cm³/mol. The molecule has 19 heavy (non-hydrogen) atoms. The van der Waals surface area contributed by atoms with E-state index in [0.29, 0.717) is 6.04 Å². The van der Waals surface area contributed by atoms with E-state index < -0.39 is 0 Å². The standard InChI is InChI=1S/C15H20N4/c1-4-5-7-12(2)18-14-8-6-9-17-15(14)19-11-10-16-13(19)3/h4,6,8-12,18H,1,5,7H2,2-3H3. The Morgan fingerprint density at radius 2 is 2.26 bits per heavy atom. The number of pyridine rings is 1. The van der Waals surface area contributed by atoms with Gasteiger partial charge in [-0.3, -0.25) is 4.57 Å². The molecule has 0 aliphatic heterocycles. The summed E-state index contributed by atoms with van der Waals surface area (Å²) in [7, 11) is 0. The maximum Gasteiger partial charge on any atom is 0.161 e. The SMILES string of the molecule is C=CCCC(C)Nc1cccnc1-n1ccnc1C. The molecule has 1 atom stereocenters. The Morgan fingerprint density at radius 3 is 2.95 bits per heavy atom. The molecule has 4 nitrogen and oxygen atoms in total. The highest BCUT2D eigenvalue weighted by Gasteiger charge is 2.09. The first-order chi connectivity index (χ1) is 9.22. The molecule has 0 saturated carbocycles. The van der Waals surface area contributed by atoms with E-state index in [1.165, 1.54) is 0 Å². The second kappa shape index (κ2) is 6.18. The first kappa shape index (κ1) is 13.3. The molecule has 0 amide bonds. The van der Waals surface area contributed by atoms with Gasteiger partial charge in [0, 0.05) is 24.6 Å². The van der Waals surface area contributed by atoms with Crippen LogP contribution in [0.3, 0.4) is 0 Å². The third kappa shape index (κ3) is 3.22. The fourth-order valence-electron chi connectivity index (χ4n) is 2.01. The summed E-state index contributed by atoms with van der Waals surface area (Å²) in [6.07, 6.45) is 9.53. The number of nitrogens with one attached hydrogen (secondary N) is 1. The van der Waals surface area contributed by atoms with Crippen molar-refractivity contribution in [3.63, 3.8) is 0 Å². The first-order valence-corrected chi connectivity index (χ1v) is 6.55. The van der Waals surface area contributed by atoms with Crippen molar-refractivity contribution in [2.24, 2.45) is 0 Å². The third-order valence-electron chi connectivity index (χ3n) is 3.05. The number of aryl methyl sites for hydroxylation is 1. The number of imidazole rings is 1. The van der Waals surface area contributed by atoms with Gasteiger partial charge in [-0.1, -0.05) is 6.08 Å². The number of anilines is 1. The zero-order valence-electron chi connectivity index (χ0n) is 11.5. The van der Waals surface area contributed by atoms with Gasteiger partial charge < -0.3 is 5.32 Å². The molecular formula is C15H20N4. The van der Waals surface area contributed by atoms with Crippen molar-refractivity contribution >= 4 is 5.69 Å². The number of aromatic nitrogens is 3. The number of rotatable bonds is 6. The van der Waals surface area contributed by atoms with Crippen molar-refractivity contribution in [3.05, 3.63) is 49.2 Å². The molecule has 0 aromatic carbocycles. The predicted octanol–water partition coefficient (Wildman–Crippen LogP) is 3.34. The van der Waals surface area contributed by atoms with Gasteiger partial charge in [0.1, 0.15) is 5.82 Å². The number of hydrogen-bond acceptors (Lipinski definition) is 3. The zero-order valence-corrected chi connectivity index (χ0v) is 11.5. The third-order valence-corrected chi connectivity index (χ3v) is 3.05. The van der Waals surface area contributed by atoms with Crippen LogP contribution in [0.2, 0.25) is 0 Å². The van der Waals surface area contributed by atoms with Crippen LogP contribution in [-0.4, -0.2) is 20.6 Å². The Labute approximate surface area is 114 Å². The maximum absolute atomic E-state index is 4.46. The molecule has 1 unspecified atom stereocenters. The van der Waals surface area contributed by atoms with Crippen molar-refractivity contribution in [2.75, 3.05) is 5.32 Å². The fraction of sp³-hybridized carbons (Fsp3) is 0.333. The van der Waals surface area contributed by atoms with Crippen molar-refractivity contribution in [2.45, 2.75) is 32.7 Å². The lowest BCUT2D eigenvalue weighted by Gasteiger charge is -2.17. The largest absolute Gasteiger partial charge is 0.380 e. The molecule has 0 spiro atoms. The van der Waals surface area contributed by atoms with Gasteiger partial charge in [0.15, 0.2) is 5.82 Å². The fourth-order valence-corrected chi connectivity index (χ4v) is 2.01. The van der Waals surface area contributed by atoms with E-state index in [0.717, 1.165) is 30.2 Å². The number of allylic oxidation sites excluding steroid dienone is 1. The van der Waals surface area contributed by atoms with Gasteiger partial charge >= 0.3 is 0 Å². The van der Waals surface area contributed by atoms with Gasteiger partial charge in [0.2, 0.25) is 0 Å². The quantitative estimate of drug-likeness (QED) is 0.806. The molecule has 0 radical (unpaired) electrons. The van der Waals surface area contributed by atoms with E-state index in [9.17, 15) is 0 Å². The van der Waals surface area contributed by atoms with Gasteiger partial charge in [-0.2, -0.15) is 0 Å². The normalized spacial score (nSPS) is 12.1. The Balaban J connectivity index is 2.22. The Morgan fingerprint density at radius 1 is 1.42 bits per heavy atom. The topological polar surface area (TPSA) is 42.7 Å². The molecular weight excluding hydrogens is 236 g/mol. The number of nitrogens with zero attached hydrogens (tertiary/aromatic N) is 3.